The molecule has 2 rings (SSSR count). The number of allylic oxidation sites excluding steroid dienone is 5. The van der Waals surface area contributed by atoms with Crippen molar-refractivity contribution in [2.24, 2.45) is 0 Å². The Morgan fingerprint density at radius 2 is 0.941 bits per heavy atom. The van der Waals surface area contributed by atoms with Crippen LogP contribution in [0.2, 0.25) is 0 Å². The average molecular weight is 970 g/mol. The smallest absolute Gasteiger partial charge is 0.220 e. The lowest BCUT2D eigenvalue weighted by atomic mass is 9.97. The van der Waals surface area contributed by atoms with Crippen molar-refractivity contribution in [3.63, 3.8) is 0 Å². The Bertz CT molecular complexity index is 1280. The number of hydrogen-bond acceptors (Lipinski definition) is 13. The van der Waals surface area contributed by atoms with Gasteiger partial charge in [0.25, 0.3) is 0 Å². The number of rotatable bonds is 42. The fourth-order valence-corrected chi connectivity index (χ4v) is 8.83. The van der Waals surface area contributed by atoms with E-state index in [4.69, 9.17) is 18.9 Å². The number of aliphatic hydroxyl groups is 8. The highest BCUT2D eigenvalue weighted by atomic mass is 16.7. The fraction of sp³-hybridized carbons (Fsp3) is 0.870. The highest BCUT2D eigenvalue weighted by molar-refractivity contribution is 5.76. The van der Waals surface area contributed by atoms with E-state index in [2.05, 4.69) is 43.5 Å². The maximum Gasteiger partial charge on any atom is 0.220 e. The summed E-state index contributed by atoms with van der Waals surface area (Å²) in [4.78, 5) is 13.2. The number of unbranched alkanes of at least 4 members (excludes halogenated alkanes) is 25. The minimum atomic E-state index is -1.79. The van der Waals surface area contributed by atoms with Crippen LogP contribution in [0.4, 0.5) is 0 Å². The van der Waals surface area contributed by atoms with Crippen molar-refractivity contribution in [2.75, 3.05) is 19.8 Å². The predicted octanol–water partition coefficient (Wildman–Crippen LogP) is 7.88. The second kappa shape index (κ2) is 40.8. The van der Waals surface area contributed by atoms with Gasteiger partial charge in [-0.3, -0.25) is 4.79 Å². The zero-order valence-electron chi connectivity index (χ0n) is 42.3. The van der Waals surface area contributed by atoms with Gasteiger partial charge >= 0.3 is 0 Å². The normalized spacial score (nSPS) is 26.6. The summed E-state index contributed by atoms with van der Waals surface area (Å²) >= 11 is 0. The maximum atomic E-state index is 13.2. The Kier molecular flexibility index (Phi) is 37.4. The summed E-state index contributed by atoms with van der Waals surface area (Å²) in [5.74, 6) is -0.258. The van der Waals surface area contributed by atoms with Crippen LogP contribution in [-0.2, 0) is 23.7 Å². The Balaban J connectivity index is 1.84. The lowest BCUT2D eigenvalue weighted by molar-refractivity contribution is -0.359. The maximum absolute atomic E-state index is 13.2. The standard InChI is InChI=1S/C54H99NO13/c1-3-5-7-9-11-13-15-17-19-20-21-22-24-25-27-29-31-33-35-37-43(58)42(55-46(59)38-36-34-32-30-28-26-23-18-16-14-12-10-8-6-4-2)41-65-53-51(64)49(62)52(45(40-57)67-53)68-54-50(63)48(61)47(60)44(39-56)66-54/h18,23,27,29,35,37,42-45,47-54,56-58,60-64H,3-17,19-22,24-26,28,30-34,36,38-41H2,1-2H3,(H,55,59)/b23-18-,29-27+,37-35+. The van der Waals surface area contributed by atoms with Crippen LogP contribution in [0.15, 0.2) is 36.5 Å². The summed E-state index contributed by atoms with van der Waals surface area (Å²) in [5, 5.41) is 86.8. The van der Waals surface area contributed by atoms with Crippen molar-refractivity contribution >= 4 is 5.91 Å². The van der Waals surface area contributed by atoms with E-state index in [0.29, 0.717) is 12.8 Å². The van der Waals surface area contributed by atoms with E-state index in [0.717, 1.165) is 51.4 Å². The highest BCUT2D eigenvalue weighted by Crippen LogP contribution is 2.30. The Hall–Kier alpha value is -1.79. The lowest BCUT2D eigenvalue weighted by Gasteiger charge is -2.46. The number of nitrogens with one attached hydrogen (secondary N) is 1. The second-order valence-corrected chi connectivity index (χ2v) is 19.3. The molecule has 12 atom stereocenters. The number of carbonyl (C=O) groups excluding carboxylic acids is 1. The van der Waals surface area contributed by atoms with Gasteiger partial charge in [-0.15, -0.1) is 0 Å². The van der Waals surface area contributed by atoms with Crippen LogP contribution in [0.3, 0.4) is 0 Å². The van der Waals surface area contributed by atoms with Crippen molar-refractivity contribution in [3.05, 3.63) is 36.5 Å². The van der Waals surface area contributed by atoms with Gasteiger partial charge in [0.2, 0.25) is 5.91 Å². The molecular weight excluding hydrogens is 871 g/mol. The van der Waals surface area contributed by atoms with Gasteiger partial charge in [0.05, 0.1) is 32.0 Å². The van der Waals surface area contributed by atoms with E-state index in [9.17, 15) is 45.6 Å². The van der Waals surface area contributed by atoms with Crippen molar-refractivity contribution in [3.8, 4) is 0 Å². The summed E-state index contributed by atoms with van der Waals surface area (Å²) in [6, 6.07) is -0.934. The van der Waals surface area contributed by atoms with Gasteiger partial charge < -0.3 is 65.1 Å². The van der Waals surface area contributed by atoms with E-state index in [1.807, 2.05) is 6.08 Å². The molecule has 14 heteroatoms. The highest BCUT2D eigenvalue weighted by Gasteiger charge is 2.51. The Labute approximate surface area is 411 Å². The van der Waals surface area contributed by atoms with Gasteiger partial charge in [0.1, 0.15) is 48.8 Å². The molecular formula is C54H99NO13. The van der Waals surface area contributed by atoms with Crippen LogP contribution < -0.4 is 5.32 Å². The van der Waals surface area contributed by atoms with E-state index in [-0.39, 0.29) is 18.9 Å². The molecule has 1 amide bonds. The molecule has 0 spiro atoms. The Morgan fingerprint density at radius 1 is 0.515 bits per heavy atom. The third-order valence-corrected chi connectivity index (χ3v) is 13.3. The summed E-state index contributed by atoms with van der Waals surface area (Å²) in [5.41, 5.74) is 0. The first-order valence-electron chi connectivity index (χ1n) is 27.2. The summed E-state index contributed by atoms with van der Waals surface area (Å²) in [6.07, 6.45) is 30.4. The molecule has 398 valence electrons. The van der Waals surface area contributed by atoms with Crippen molar-refractivity contribution < 1.29 is 64.6 Å². The number of ether oxygens (including phenoxy) is 4. The van der Waals surface area contributed by atoms with Crippen LogP contribution in [-0.4, -0.2) is 140 Å². The molecule has 9 N–H and O–H groups in total. The summed E-state index contributed by atoms with van der Waals surface area (Å²) < 4.78 is 22.7. The third kappa shape index (κ3) is 27.1. The first-order chi connectivity index (χ1) is 33.1. The van der Waals surface area contributed by atoms with Gasteiger partial charge in [-0.2, -0.15) is 0 Å². The van der Waals surface area contributed by atoms with Gasteiger partial charge in [0.15, 0.2) is 12.6 Å². The van der Waals surface area contributed by atoms with Gasteiger partial charge in [-0.1, -0.05) is 179 Å². The van der Waals surface area contributed by atoms with E-state index in [1.54, 1.807) is 6.08 Å². The predicted molar refractivity (Wildman–Crippen MR) is 268 cm³/mol. The first-order valence-corrected chi connectivity index (χ1v) is 27.2. The molecule has 2 aliphatic heterocycles. The molecule has 14 nitrogen and oxygen atoms in total. The topological polar surface area (TPSA) is 228 Å². The molecule has 0 aliphatic carbocycles. The van der Waals surface area contributed by atoms with Crippen LogP contribution >= 0.6 is 0 Å². The zero-order valence-corrected chi connectivity index (χ0v) is 42.3. The number of aliphatic hydroxyl groups excluding tert-OH is 8. The molecule has 2 saturated heterocycles. The van der Waals surface area contributed by atoms with Crippen molar-refractivity contribution in [1.82, 2.24) is 5.32 Å². The third-order valence-electron chi connectivity index (χ3n) is 13.3. The van der Waals surface area contributed by atoms with Crippen molar-refractivity contribution in [2.45, 2.75) is 280 Å². The van der Waals surface area contributed by atoms with Gasteiger partial charge in [-0.05, 0) is 57.8 Å². The summed E-state index contributed by atoms with van der Waals surface area (Å²) in [7, 11) is 0. The molecule has 2 heterocycles. The van der Waals surface area contributed by atoms with E-state index in [1.165, 1.54) is 122 Å². The molecule has 0 saturated carbocycles. The number of hydrogen-bond donors (Lipinski definition) is 9. The lowest BCUT2D eigenvalue weighted by Crippen LogP contribution is -2.65. The molecule has 2 aliphatic rings. The van der Waals surface area contributed by atoms with Crippen LogP contribution in [0.25, 0.3) is 0 Å². The molecule has 12 unspecified atom stereocenters. The molecule has 2 fully saturated rings. The molecule has 0 radical (unpaired) electrons. The molecule has 0 aromatic rings. The molecule has 68 heavy (non-hydrogen) atoms. The minimum absolute atomic E-state index is 0.258. The second-order valence-electron chi connectivity index (χ2n) is 19.3. The number of carbonyl (C=O) groups is 1. The van der Waals surface area contributed by atoms with Gasteiger partial charge in [0, 0.05) is 6.42 Å². The van der Waals surface area contributed by atoms with Crippen LogP contribution in [0.1, 0.15) is 206 Å². The largest absolute Gasteiger partial charge is 0.394 e. The fourth-order valence-electron chi connectivity index (χ4n) is 8.83. The Morgan fingerprint density at radius 3 is 1.44 bits per heavy atom. The zero-order chi connectivity index (χ0) is 49.6. The van der Waals surface area contributed by atoms with Gasteiger partial charge in [-0.25, -0.2) is 0 Å². The van der Waals surface area contributed by atoms with E-state index < -0.39 is 86.8 Å². The van der Waals surface area contributed by atoms with Crippen molar-refractivity contribution in [1.29, 1.82) is 0 Å². The molecule has 0 aromatic heterocycles. The molecule has 0 aromatic carbocycles. The SMILES string of the molecule is CCCCCCCC/C=C\CCCCCCCC(=O)NC(COC1OC(CO)C(OC2OC(CO)C(O)C(O)C2O)C(O)C1O)C(O)/C=C/CC/C=C/CCCCCCCCCCCCCCC. The average Bonchev–Trinajstić information content (AvgIpc) is 3.34. The first kappa shape index (κ1) is 62.3. The number of amides is 1. The van der Waals surface area contributed by atoms with Crippen LogP contribution in [0, 0.1) is 0 Å². The monoisotopic (exact) mass is 970 g/mol. The molecule has 0 bridgehead atoms. The quantitative estimate of drug-likeness (QED) is 0.0210. The van der Waals surface area contributed by atoms with Crippen LogP contribution in [0.5, 0.6) is 0 Å². The minimum Gasteiger partial charge on any atom is -0.394 e. The van der Waals surface area contributed by atoms with E-state index >= 15 is 0 Å². The summed E-state index contributed by atoms with van der Waals surface area (Å²) in [6.45, 7) is 2.76.